The Balaban J connectivity index is 3.76. The SMILES string of the molecule is CC(C)=CCCC(C)CC=CC(C)=CCCl. The fraction of sp³-hybridized carbons (Fsp3) is 0.600. The van der Waals surface area contributed by atoms with Crippen molar-refractivity contribution in [2.24, 2.45) is 5.92 Å². The second-order valence-electron chi connectivity index (χ2n) is 4.70. The summed E-state index contributed by atoms with van der Waals surface area (Å²) in [6, 6.07) is 0. The fourth-order valence-corrected chi connectivity index (χ4v) is 1.69. The average molecular weight is 241 g/mol. The van der Waals surface area contributed by atoms with Crippen molar-refractivity contribution in [3.63, 3.8) is 0 Å². The van der Waals surface area contributed by atoms with Crippen LogP contribution < -0.4 is 0 Å². The number of hydrogen-bond donors (Lipinski definition) is 0. The third-order valence-corrected chi connectivity index (χ3v) is 2.68. The molecule has 0 fully saturated rings. The van der Waals surface area contributed by atoms with E-state index < -0.39 is 0 Å². The van der Waals surface area contributed by atoms with E-state index in [-0.39, 0.29) is 0 Å². The van der Waals surface area contributed by atoms with Crippen molar-refractivity contribution < 1.29 is 0 Å². The molecule has 0 heterocycles. The fourth-order valence-electron chi connectivity index (χ4n) is 1.45. The second-order valence-corrected chi connectivity index (χ2v) is 5.01. The van der Waals surface area contributed by atoms with Gasteiger partial charge in [-0.2, -0.15) is 0 Å². The number of rotatable bonds is 7. The first-order valence-corrected chi connectivity index (χ1v) is 6.62. The molecule has 0 nitrogen and oxygen atoms in total. The Labute approximate surface area is 106 Å². The summed E-state index contributed by atoms with van der Waals surface area (Å²) in [4.78, 5) is 0. The Kier molecular flexibility index (Phi) is 9.42. The van der Waals surface area contributed by atoms with Crippen LogP contribution in [0.1, 0.15) is 47.0 Å². The zero-order valence-corrected chi connectivity index (χ0v) is 11.8. The van der Waals surface area contributed by atoms with E-state index in [1.54, 1.807) is 0 Å². The molecule has 0 spiro atoms. The van der Waals surface area contributed by atoms with Gasteiger partial charge in [0.15, 0.2) is 0 Å². The molecule has 16 heavy (non-hydrogen) atoms. The molecule has 0 aromatic rings. The Bertz CT molecular complexity index is 255. The van der Waals surface area contributed by atoms with Crippen LogP contribution in [0.2, 0.25) is 0 Å². The summed E-state index contributed by atoms with van der Waals surface area (Å²) < 4.78 is 0. The first-order valence-electron chi connectivity index (χ1n) is 6.09. The summed E-state index contributed by atoms with van der Waals surface area (Å²) in [5.74, 6) is 1.36. The summed E-state index contributed by atoms with van der Waals surface area (Å²) in [6.07, 6.45) is 12.4. The average Bonchev–Trinajstić information content (AvgIpc) is 2.17. The molecule has 0 saturated heterocycles. The Morgan fingerprint density at radius 3 is 2.44 bits per heavy atom. The Morgan fingerprint density at radius 2 is 1.88 bits per heavy atom. The molecular weight excluding hydrogens is 216 g/mol. The molecule has 0 amide bonds. The van der Waals surface area contributed by atoms with Crippen molar-refractivity contribution in [1.29, 1.82) is 0 Å². The van der Waals surface area contributed by atoms with Gasteiger partial charge in [0.2, 0.25) is 0 Å². The van der Waals surface area contributed by atoms with Crippen LogP contribution in [0.4, 0.5) is 0 Å². The van der Waals surface area contributed by atoms with E-state index in [9.17, 15) is 0 Å². The molecule has 0 aromatic heterocycles. The van der Waals surface area contributed by atoms with E-state index in [2.05, 4.69) is 45.9 Å². The smallest absolute Gasteiger partial charge is 0.0409 e. The first kappa shape index (κ1) is 15.5. The molecule has 0 aliphatic carbocycles. The van der Waals surface area contributed by atoms with Crippen molar-refractivity contribution in [2.45, 2.75) is 47.0 Å². The van der Waals surface area contributed by atoms with E-state index >= 15 is 0 Å². The van der Waals surface area contributed by atoms with Gasteiger partial charge in [-0.25, -0.2) is 0 Å². The normalized spacial score (nSPS) is 14.2. The highest BCUT2D eigenvalue weighted by Gasteiger charge is 1.97. The lowest BCUT2D eigenvalue weighted by molar-refractivity contribution is 0.545. The molecule has 92 valence electrons. The summed E-state index contributed by atoms with van der Waals surface area (Å²) in [6.45, 7) is 8.71. The molecule has 1 unspecified atom stereocenters. The van der Waals surface area contributed by atoms with Gasteiger partial charge in [0.25, 0.3) is 0 Å². The molecule has 0 bridgehead atoms. The van der Waals surface area contributed by atoms with Crippen LogP contribution in [0.25, 0.3) is 0 Å². The number of alkyl halides is 1. The molecular formula is C15H25Cl. The lowest BCUT2D eigenvalue weighted by Crippen LogP contribution is -1.91. The zero-order chi connectivity index (χ0) is 12.4. The number of allylic oxidation sites excluding steroid dienone is 6. The standard InChI is InChI=1S/C15H25Cl/c1-13(2)7-5-8-14(3)9-6-10-15(4)11-12-16/h6-7,10-11,14H,5,8-9,12H2,1-4H3. The van der Waals surface area contributed by atoms with Gasteiger partial charge < -0.3 is 0 Å². The molecule has 1 heteroatoms. The van der Waals surface area contributed by atoms with Gasteiger partial charge >= 0.3 is 0 Å². The third kappa shape index (κ3) is 10.0. The maximum Gasteiger partial charge on any atom is 0.0409 e. The van der Waals surface area contributed by atoms with E-state index in [1.807, 2.05) is 6.08 Å². The largest absolute Gasteiger partial charge is 0.122 e. The van der Waals surface area contributed by atoms with Crippen molar-refractivity contribution in [3.05, 3.63) is 35.5 Å². The van der Waals surface area contributed by atoms with Gasteiger partial charge in [-0.05, 0) is 46.0 Å². The molecule has 0 aromatic carbocycles. The van der Waals surface area contributed by atoms with Crippen LogP contribution in [0.15, 0.2) is 35.5 Å². The number of hydrogen-bond acceptors (Lipinski definition) is 0. The first-order chi connectivity index (χ1) is 7.56. The topological polar surface area (TPSA) is 0 Å². The maximum absolute atomic E-state index is 5.62. The van der Waals surface area contributed by atoms with Crippen LogP contribution in [0, 0.1) is 5.92 Å². The minimum atomic E-state index is 0.603. The zero-order valence-electron chi connectivity index (χ0n) is 11.1. The van der Waals surface area contributed by atoms with Crippen molar-refractivity contribution in [2.75, 3.05) is 5.88 Å². The van der Waals surface area contributed by atoms with Crippen molar-refractivity contribution >= 4 is 11.6 Å². The van der Waals surface area contributed by atoms with E-state index in [4.69, 9.17) is 11.6 Å². The summed E-state index contributed by atoms with van der Waals surface area (Å²) in [5.41, 5.74) is 2.68. The minimum absolute atomic E-state index is 0.603. The lowest BCUT2D eigenvalue weighted by Gasteiger charge is -2.06. The van der Waals surface area contributed by atoms with Crippen LogP contribution in [0.3, 0.4) is 0 Å². The minimum Gasteiger partial charge on any atom is -0.122 e. The van der Waals surface area contributed by atoms with Crippen LogP contribution in [0.5, 0.6) is 0 Å². The number of halogens is 1. The monoisotopic (exact) mass is 240 g/mol. The molecule has 0 N–H and O–H groups in total. The molecule has 1 atom stereocenters. The van der Waals surface area contributed by atoms with Crippen LogP contribution in [-0.4, -0.2) is 5.88 Å². The Morgan fingerprint density at radius 1 is 1.19 bits per heavy atom. The van der Waals surface area contributed by atoms with Crippen molar-refractivity contribution in [3.8, 4) is 0 Å². The predicted molar refractivity (Wildman–Crippen MR) is 76.1 cm³/mol. The van der Waals surface area contributed by atoms with Crippen LogP contribution >= 0.6 is 11.6 Å². The maximum atomic E-state index is 5.62. The molecule has 0 aliphatic heterocycles. The highest BCUT2D eigenvalue weighted by atomic mass is 35.5. The summed E-state index contributed by atoms with van der Waals surface area (Å²) >= 11 is 5.62. The summed E-state index contributed by atoms with van der Waals surface area (Å²) in [5, 5.41) is 0. The molecule has 0 radical (unpaired) electrons. The quantitative estimate of drug-likeness (QED) is 0.313. The highest BCUT2D eigenvalue weighted by molar-refractivity contribution is 6.18. The second kappa shape index (κ2) is 9.72. The van der Waals surface area contributed by atoms with Gasteiger partial charge in [-0.1, -0.05) is 42.4 Å². The molecule has 0 aliphatic rings. The summed E-state index contributed by atoms with van der Waals surface area (Å²) in [7, 11) is 0. The van der Waals surface area contributed by atoms with E-state index in [0.29, 0.717) is 5.88 Å². The van der Waals surface area contributed by atoms with Crippen molar-refractivity contribution in [1.82, 2.24) is 0 Å². The van der Waals surface area contributed by atoms with Gasteiger partial charge in [-0.15, -0.1) is 11.6 Å². The Hall–Kier alpha value is -0.490. The van der Waals surface area contributed by atoms with Gasteiger partial charge in [0, 0.05) is 5.88 Å². The van der Waals surface area contributed by atoms with E-state index in [1.165, 1.54) is 24.0 Å². The predicted octanol–water partition coefficient (Wildman–Crippen LogP) is 5.50. The highest BCUT2D eigenvalue weighted by Crippen LogP contribution is 2.13. The van der Waals surface area contributed by atoms with Gasteiger partial charge in [-0.3, -0.25) is 0 Å². The van der Waals surface area contributed by atoms with Gasteiger partial charge in [0.05, 0.1) is 0 Å². The van der Waals surface area contributed by atoms with E-state index in [0.717, 1.165) is 12.3 Å². The van der Waals surface area contributed by atoms with Crippen LogP contribution in [-0.2, 0) is 0 Å². The molecule has 0 rings (SSSR count). The van der Waals surface area contributed by atoms with Gasteiger partial charge in [0.1, 0.15) is 0 Å². The third-order valence-electron chi connectivity index (χ3n) is 2.53. The lowest BCUT2D eigenvalue weighted by atomic mass is 10.0. The molecule has 0 saturated carbocycles.